The highest BCUT2D eigenvalue weighted by atomic mass is 16.5. The van der Waals surface area contributed by atoms with Gasteiger partial charge in [-0.1, -0.05) is 18.2 Å². The molecule has 2 heterocycles. The Bertz CT molecular complexity index is 413. The third-order valence-corrected chi connectivity index (χ3v) is 3.95. The summed E-state index contributed by atoms with van der Waals surface area (Å²) in [6.45, 7) is 8.24. The lowest BCUT2D eigenvalue weighted by molar-refractivity contribution is 0.0342. The first-order valence-corrected chi connectivity index (χ1v) is 6.95. The molecule has 1 saturated heterocycles. The van der Waals surface area contributed by atoms with E-state index in [1.165, 1.54) is 16.7 Å². The lowest BCUT2D eigenvalue weighted by atomic mass is 9.94. The number of nitrogens with one attached hydrogen (secondary N) is 1. The quantitative estimate of drug-likeness (QED) is 0.857. The number of benzene rings is 1. The monoisotopic (exact) mass is 246 g/mol. The summed E-state index contributed by atoms with van der Waals surface area (Å²) in [6, 6.07) is 7.59. The summed E-state index contributed by atoms with van der Waals surface area (Å²) in [5.74, 6) is 0. The van der Waals surface area contributed by atoms with Crippen LogP contribution in [0.2, 0.25) is 0 Å². The Hall–Kier alpha value is -0.900. The average Bonchev–Trinajstić information content (AvgIpc) is 2.39. The molecule has 0 radical (unpaired) electrons. The molecule has 3 heteroatoms. The molecule has 0 aliphatic carbocycles. The smallest absolute Gasteiger partial charge is 0.0594 e. The summed E-state index contributed by atoms with van der Waals surface area (Å²) in [6.07, 6.45) is 1.16. The summed E-state index contributed by atoms with van der Waals surface area (Å²) >= 11 is 0. The summed E-state index contributed by atoms with van der Waals surface area (Å²) < 4.78 is 5.39. The highest BCUT2D eigenvalue weighted by Gasteiger charge is 2.16. The second-order valence-electron chi connectivity index (χ2n) is 5.48. The molecule has 1 aromatic carbocycles. The predicted octanol–water partition coefficient (Wildman–Crippen LogP) is 1.55. The fourth-order valence-electron chi connectivity index (χ4n) is 2.84. The molecule has 2 aliphatic heterocycles. The van der Waals surface area contributed by atoms with Crippen LogP contribution in [0.1, 0.15) is 23.6 Å². The van der Waals surface area contributed by atoms with Crippen molar-refractivity contribution in [3.63, 3.8) is 0 Å². The molecule has 3 nitrogen and oxygen atoms in total. The van der Waals surface area contributed by atoms with Crippen LogP contribution in [0.4, 0.5) is 0 Å². The van der Waals surface area contributed by atoms with Crippen LogP contribution < -0.4 is 5.32 Å². The van der Waals surface area contributed by atoms with E-state index in [0.717, 1.165) is 45.8 Å². The zero-order valence-electron chi connectivity index (χ0n) is 11.1. The summed E-state index contributed by atoms with van der Waals surface area (Å²) in [4.78, 5) is 2.48. The summed E-state index contributed by atoms with van der Waals surface area (Å²) in [7, 11) is 0. The van der Waals surface area contributed by atoms with Gasteiger partial charge in [0, 0.05) is 32.2 Å². The maximum absolute atomic E-state index is 5.39. The fraction of sp³-hybridized carbons (Fsp3) is 0.600. The molecule has 0 saturated carbocycles. The molecule has 18 heavy (non-hydrogen) atoms. The van der Waals surface area contributed by atoms with E-state index in [2.05, 4.69) is 35.3 Å². The lowest BCUT2D eigenvalue weighted by Gasteiger charge is -2.28. The minimum atomic E-state index is 0.608. The molecule has 1 unspecified atom stereocenters. The van der Waals surface area contributed by atoms with E-state index in [-0.39, 0.29) is 0 Å². The molecule has 1 fully saturated rings. The van der Waals surface area contributed by atoms with Crippen molar-refractivity contribution in [1.82, 2.24) is 10.2 Å². The fourth-order valence-corrected chi connectivity index (χ4v) is 2.84. The van der Waals surface area contributed by atoms with Gasteiger partial charge >= 0.3 is 0 Å². The molecule has 1 aromatic rings. The molecule has 1 atom stereocenters. The number of morpholine rings is 1. The normalized spacial score (nSPS) is 24.8. The van der Waals surface area contributed by atoms with Crippen LogP contribution in [0, 0.1) is 0 Å². The first kappa shape index (κ1) is 12.2. The van der Waals surface area contributed by atoms with Crippen LogP contribution in [0.5, 0.6) is 0 Å². The number of rotatable bonds is 2. The third kappa shape index (κ3) is 2.74. The van der Waals surface area contributed by atoms with Gasteiger partial charge in [-0.05, 0) is 30.0 Å². The van der Waals surface area contributed by atoms with Crippen molar-refractivity contribution in [2.24, 2.45) is 0 Å². The van der Waals surface area contributed by atoms with Crippen LogP contribution in [0.15, 0.2) is 18.2 Å². The highest BCUT2D eigenvalue weighted by Crippen LogP contribution is 2.19. The van der Waals surface area contributed by atoms with E-state index < -0.39 is 0 Å². The van der Waals surface area contributed by atoms with Gasteiger partial charge < -0.3 is 10.1 Å². The molecule has 0 aromatic heterocycles. The molecule has 0 bridgehead atoms. The predicted molar refractivity (Wildman–Crippen MR) is 72.5 cm³/mol. The summed E-state index contributed by atoms with van der Waals surface area (Å²) in [5.41, 5.74) is 4.45. The van der Waals surface area contributed by atoms with E-state index >= 15 is 0 Å². The van der Waals surface area contributed by atoms with Gasteiger partial charge in [0.15, 0.2) is 0 Å². The standard InChI is InChI=1S/C15H22N2O/c1-12-8-15-9-13(2-3-14(15)10-16-12)11-17-4-6-18-7-5-17/h2-3,9,12,16H,4-8,10-11H2,1H3. The molecule has 0 spiro atoms. The third-order valence-electron chi connectivity index (χ3n) is 3.95. The average molecular weight is 246 g/mol. The number of hydrogen-bond acceptors (Lipinski definition) is 3. The second-order valence-corrected chi connectivity index (χ2v) is 5.48. The zero-order valence-corrected chi connectivity index (χ0v) is 11.1. The Kier molecular flexibility index (Phi) is 3.64. The SMILES string of the molecule is CC1Cc2cc(CN3CCOCC3)ccc2CN1. The molecular weight excluding hydrogens is 224 g/mol. The molecule has 98 valence electrons. The molecule has 0 amide bonds. The molecule has 1 N–H and O–H groups in total. The first-order chi connectivity index (χ1) is 8.81. The second kappa shape index (κ2) is 5.39. The van der Waals surface area contributed by atoms with Gasteiger partial charge in [0.05, 0.1) is 13.2 Å². The van der Waals surface area contributed by atoms with Crippen molar-refractivity contribution in [3.05, 3.63) is 34.9 Å². The molecule has 3 rings (SSSR count). The van der Waals surface area contributed by atoms with Gasteiger partial charge in [-0.3, -0.25) is 4.90 Å². The zero-order chi connectivity index (χ0) is 12.4. The van der Waals surface area contributed by atoms with Crippen molar-refractivity contribution >= 4 is 0 Å². The van der Waals surface area contributed by atoms with Crippen molar-refractivity contribution < 1.29 is 4.74 Å². The number of nitrogens with zero attached hydrogens (tertiary/aromatic N) is 1. The number of ether oxygens (including phenoxy) is 1. The minimum absolute atomic E-state index is 0.608. The van der Waals surface area contributed by atoms with Gasteiger partial charge in [-0.2, -0.15) is 0 Å². The number of hydrogen-bond donors (Lipinski definition) is 1. The van der Waals surface area contributed by atoms with Crippen molar-refractivity contribution in [3.8, 4) is 0 Å². The van der Waals surface area contributed by atoms with Gasteiger partial charge in [0.25, 0.3) is 0 Å². The van der Waals surface area contributed by atoms with E-state index in [1.54, 1.807) is 0 Å². The highest BCUT2D eigenvalue weighted by molar-refractivity contribution is 5.34. The van der Waals surface area contributed by atoms with Gasteiger partial charge in [0.2, 0.25) is 0 Å². The minimum Gasteiger partial charge on any atom is -0.379 e. The van der Waals surface area contributed by atoms with E-state index in [0.29, 0.717) is 6.04 Å². The van der Waals surface area contributed by atoms with Crippen LogP contribution >= 0.6 is 0 Å². The number of fused-ring (bicyclic) bond motifs is 1. The van der Waals surface area contributed by atoms with Crippen molar-refractivity contribution in [1.29, 1.82) is 0 Å². The maximum Gasteiger partial charge on any atom is 0.0594 e. The van der Waals surface area contributed by atoms with E-state index in [4.69, 9.17) is 4.74 Å². The van der Waals surface area contributed by atoms with Crippen LogP contribution in [-0.4, -0.2) is 37.2 Å². The largest absolute Gasteiger partial charge is 0.379 e. The van der Waals surface area contributed by atoms with Crippen molar-refractivity contribution in [2.75, 3.05) is 26.3 Å². The van der Waals surface area contributed by atoms with Gasteiger partial charge in [0.1, 0.15) is 0 Å². The van der Waals surface area contributed by atoms with Crippen LogP contribution in [0.25, 0.3) is 0 Å². The molecule has 2 aliphatic rings. The lowest BCUT2D eigenvalue weighted by Crippen LogP contribution is -2.36. The first-order valence-electron chi connectivity index (χ1n) is 6.95. The van der Waals surface area contributed by atoms with Crippen molar-refractivity contribution in [2.45, 2.75) is 32.5 Å². The summed E-state index contributed by atoms with van der Waals surface area (Å²) in [5, 5.41) is 3.51. The Morgan fingerprint density at radius 3 is 2.94 bits per heavy atom. The van der Waals surface area contributed by atoms with Gasteiger partial charge in [-0.15, -0.1) is 0 Å². The van der Waals surface area contributed by atoms with E-state index in [1.807, 2.05) is 0 Å². The Labute approximate surface area is 109 Å². The Morgan fingerprint density at radius 2 is 2.11 bits per heavy atom. The Balaban J connectivity index is 1.71. The topological polar surface area (TPSA) is 24.5 Å². The Morgan fingerprint density at radius 1 is 1.28 bits per heavy atom. The van der Waals surface area contributed by atoms with E-state index in [9.17, 15) is 0 Å². The van der Waals surface area contributed by atoms with Crippen LogP contribution in [0.3, 0.4) is 0 Å². The maximum atomic E-state index is 5.39. The molecular formula is C15H22N2O. The van der Waals surface area contributed by atoms with Gasteiger partial charge in [-0.25, -0.2) is 0 Å². The van der Waals surface area contributed by atoms with Crippen LogP contribution in [-0.2, 0) is 24.2 Å².